The number of carbonyl (C=O) groups is 5. The van der Waals surface area contributed by atoms with Crippen molar-refractivity contribution in [3.8, 4) is 28.6 Å². The van der Waals surface area contributed by atoms with Crippen molar-refractivity contribution >= 4 is 46.2 Å². The minimum Gasteiger partial charge on any atom is -0.507 e. The van der Waals surface area contributed by atoms with E-state index in [1.807, 2.05) is 6.07 Å². The van der Waals surface area contributed by atoms with Crippen LogP contribution < -0.4 is 20.8 Å². The summed E-state index contributed by atoms with van der Waals surface area (Å²) in [5.41, 5.74) is 0.419. The second-order valence-electron chi connectivity index (χ2n) is 11.9. The number of nitrogens with one attached hydrogen (secondary N) is 2. The Kier molecular flexibility index (Phi) is 9.42. The number of nitrogens with zero attached hydrogens (tertiary/aromatic N) is 1. The van der Waals surface area contributed by atoms with Gasteiger partial charge in [-0.3, -0.25) is 39.0 Å². The van der Waals surface area contributed by atoms with E-state index < -0.39 is 40.8 Å². The van der Waals surface area contributed by atoms with Gasteiger partial charge in [0.1, 0.15) is 22.9 Å². The van der Waals surface area contributed by atoms with E-state index in [0.29, 0.717) is 18.4 Å². The number of unbranched alkanes of at least 4 members (excludes halogenated alkanes) is 4. The summed E-state index contributed by atoms with van der Waals surface area (Å²) in [5, 5.41) is 25.6. The fourth-order valence-electron chi connectivity index (χ4n) is 6.09. The van der Waals surface area contributed by atoms with Crippen molar-refractivity contribution in [2.24, 2.45) is 0 Å². The lowest BCUT2D eigenvalue weighted by Crippen LogP contribution is -2.54. The van der Waals surface area contributed by atoms with Gasteiger partial charge in [-0.25, -0.2) is 0 Å². The molecule has 0 spiro atoms. The van der Waals surface area contributed by atoms with Gasteiger partial charge in [-0.05, 0) is 31.4 Å². The number of hydrogen-bond donors (Lipinski definition) is 4. The van der Waals surface area contributed by atoms with Gasteiger partial charge < -0.3 is 24.7 Å². The van der Waals surface area contributed by atoms with Crippen LogP contribution in [-0.4, -0.2) is 57.3 Å². The second-order valence-corrected chi connectivity index (χ2v) is 11.9. The molecule has 2 aliphatic rings. The van der Waals surface area contributed by atoms with E-state index in [1.165, 1.54) is 18.2 Å². The highest BCUT2D eigenvalue weighted by Gasteiger charge is 2.45. The van der Waals surface area contributed by atoms with E-state index in [9.17, 15) is 39.0 Å². The highest BCUT2D eigenvalue weighted by molar-refractivity contribution is 6.26. The summed E-state index contributed by atoms with van der Waals surface area (Å²) >= 11 is 0. The molecule has 0 radical (unpaired) electrons. The van der Waals surface area contributed by atoms with Crippen molar-refractivity contribution in [3.05, 3.63) is 82.0 Å². The maximum atomic E-state index is 13.2. The Bertz CT molecular complexity index is 2040. The Labute approximate surface area is 279 Å². The molecule has 0 saturated carbocycles. The number of carbonyl (C=O) groups excluding carboxylic acids is 5. The van der Waals surface area contributed by atoms with Crippen molar-refractivity contribution in [2.45, 2.75) is 57.4 Å². The number of rotatable bonds is 12. The van der Waals surface area contributed by atoms with Crippen LogP contribution in [-0.2, 0) is 14.4 Å². The number of imide groups is 2. The zero-order valence-corrected chi connectivity index (χ0v) is 26.3. The predicted octanol–water partition coefficient (Wildman–Crippen LogP) is 4.63. The first-order valence-electron chi connectivity index (χ1n) is 16.0. The number of aromatic hydroxyl groups is 2. The Hall–Kier alpha value is -5.98. The van der Waals surface area contributed by atoms with Crippen molar-refractivity contribution < 1.29 is 43.3 Å². The third kappa shape index (κ3) is 6.73. The third-order valence-corrected chi connectivity index (χ3v) is 8.51. The molecule has 4 N–H and O–H groups in total. The first-order chi connectivity index (χ1) is 23.6. The summed E-state index contributed by atoms with van der Waals surface area (Å²) in [7, 11) is 0. The monoisotopic (exact) mass is 667 g/mol. The molecule has 6 rings (SSSR count). The summed E-state index contributed by atoms with van der Waals surface area (Å²) in [6, 6.07) is 14.7. The van der Waals surface area contributed by atoms with Crippen LogP contribution in [0.15, 0.2) is 69.9 Å². The van der Waals surface area contributed by atoms with E-state index in [2.05, 4.69) is 10.6 Å². The van der Waals surface area contributed by atoms with Crippen LogP contribution in [0.1, 0.15) is 72.1 Å². The summed E-state index contributed by atoms with van der Waals surface area (Å²) in [6.45, 7) is 0.203. The molecular weight excluding hydrogens is 634 g/mol. The van der Waals surface area contributed by atoms with Crippen LogP contribution in [0.25, 0.3) is 22.3 Å². The molecule has 1 atom stereocenters. The largest absolute Gasteiger partial charge is 0.507 e. The number of benzene rings is 3. The lowest BCUT2D eigenvalue weighted by atomic mass is 10.0. The Balaban J connectivity index is 0.982. The molecular formula is C36H33N3O10. The molecule has 1 fully saturated rings. The summed E-state index contributed by atoms with van der Waals surface area (Å²) in [4.78, 5) is 76.6. The van der Waals surface area contributed by atoms with E-state index in [1.54, 1.807) is 30.3 Å². The maximum absolute atomic E-state index is 13.2. The molecule has 13 nitrogen and oxygen atoms in total. The van der Waals surface area contributed by atoms with Gasteiger partial charge in [0, 0.05) is 30.5 Å². The second kappa shape index (κ2) is 14.0. The quantitative estimate of drug-likeness (QED) is 0.122. The van der Waals surface area contributed by atoms with Crippen molar-refractivity contribution in [1.29, 1.82) is 0 Å². The standard InChI is InChI=1S/C36H33N3O10/c40-24-18-26(42)32(33-31(24)25(41)19-27(49-33)20-10-5-4-6-11-20)48-17-8-3-1-2-7-14-28(43)37-22-13-9-12-21-30(22)36(47)39(35(21)46)23-15-16-29(44)38-34(23)45/h4-6,9-13,18-19,23,40,42H,1-3,7-8,14-17H2,(H,37,43)(H,38,44,45). The molecule has 4 aromatic rings. The zero-order chi connectivity index (χ0) is 34.7. The van der Waals surface area contributed by atoms with Gasteiger partial charge in [0.25, 0.3) is 11.8 Å². The first kappa shape index (κ1) is 32.9. The highest BCUT2D eigenvalue weighted by atomic mass is 16.5. The van der Waals surface area contributed by atoms with Gasteiger partial charge >= 0.3 is 0 Å². The number of phenolic OH excluding ortho intramolecular Hbond substituents is 2. The normalized spacial score (nSPS) is 15.8. The van der Waals surface area contributed by atoms with Gasteiger partial charge in [-0.2, -0.15) is 0 Å². The number of anilines is 1. The van der Waals surface area contributed by atoms with Crippen LogP contribution in [0, 0.1) is 0 Å². The molecule has 1 aromatic heterocycles. The summed E-state index contributed by atoms with van der Waals surface area (Å²) in [5.74, 6) is -3.38. The Morgan fingerprint density at radius 3 is 2.43 bits per heavy atom. The molecule has 252 valence electrons. The number of amides is 5. The predicted molar refractivity (Wildman–Crippen MR) is 176 cm³/mol. The molecule has 0 aliphatic carbocycles. The topological polar surface area (TPSA) is 193 Å². The van der Waals surface area contributed by atoms with Gasteiger partial charge in [0.2, 0.25) is 23.5 Å². The van der Waals surface area contributed by atoms with Gasteiger partial charge in [-0.15, -0.1) is 0 Å². The summed E-state index contributed by atoms with van der Waals surface area (Å²) < 4.78 is 11.7. The maximum Gasteiger partial charge on any atom is 0.264 e. The van der Waals surface area contributed by atoms with Crippen molar-refractivity contribution in [3.63, 3.8) is 0 Å². The first-order valence-corrected chi connectivity index (χ1v) is 16.0. The van der Waals surface area contributed by atoms with Crippen LogP contribution in [0.5, 0.6) is 17.2 Å². The zero-order valence-electron chi connectivity index (χ0n) is 26.3. The van der Waals surface area contributed by atoms with Gasteiger partial charge in [0.15, 0.2) is 16.8 Å². The van der Waals surface area contributed by atoms with E-state index in [-0.39, 0.29) is 76.8 Å². The minimum atomic E-state index is -1.10. The average Bonchev–Trinajstić information content (AvgIpc) is 3.33. The molecule has 49 heavy (non-hydrogen) atoms. The molecule has 1 unspecified atom stereocenters. The molecule has 2 aliphatic heterocycles. The highest BCUT2D eigenvalue weighted by Crippen LogP contribution is 2.40. The number of phenols is 2. The Morgan fingerprint density at radius 1 is 0.898 bits per heavy atom. The van der Waals surface area contributed by atoms with Crippen LogP contribution >= 0.6 is 0 Å². The smallest absolute Gasteiger partial charge is 0.264 e. The van der Waals surface area contributed by atoms with Crippen molar-refractivity contribution in [1.82, 2.24) is 10.2 Å². The molecule has 1 saturated heterocycles. The minimum absolute atomic E-state index is 0.00903. The van der Waals surface area contributed by atoms with E-state index >= 15 is 0 Å². The van der Waals surface area contributed by atoms with Crippen molar-refractivity contribution in [2.75, 3.05) is 11.9 Å². The number of piperidine rings is 1. The Morgan fingerprint density at radius 2 is 1.65 bits per heavy atom. The average molecular weight is 668 g/mol. The molecule has 3 heterocycles. The molecule has 3 aromatic carbocycles. The fourth-order valence-corrected chi connectivity index (χ4v) is 6.09. The SMILES string of the molecule is O=C1CCC(N2C(=O)c3cccc(NC(=O)CCCCCCCOc4c(O)cc(O)c5c(=O)cc(-c6ccccc6)oc45)c3C2=O)C(=O)N1. The lowest BCUT2D eigenvalue weighted by molar-refractivity contribution is -0.136. The lowest BCUT2D eigenvalue weighted by Gasteiger charge is -2.27. The number of fused-ring (bicyclic) bond motifs is 2. The molecule has 0 bridgehead atoms. The van der Waals surface area contributed by atoms with E-state index in [4.69, 9.17) is 9.15 Å². The van der Waals surface area contributed by atoms with Crippen LogP contribution in [0.2, 0.25) is 0 Å². The fraction of sp³-hybridized carbons (Fsp3) is 0.278. The molecule has 5 amide bonds. The molecule has 13 heteroatoms. The van der Waals surface area contributed by atoms with Gasteiger partial charge in [-0.1, -0.05) is 55.7 Å². The number of hydrogen-bond acceptors (Lipinski definition) is 10. The summed E-state index contributed by atoms with van der Waals surface area (Å²) in [6.07, 6.45) is 3.64. The third-order valence-electron chi connectivity index (χ3n) is 8.51. The van der Waals surface area contributed by atoms with Crippen LogP contribution in [0.3, 0.4) is 0 Å². The van der Waals surface area contributed by atoms with E-state index in [0.717, 1.165) is 30.2 Å². The van der Waals surface area contributed by atoms with Gasteiger partial charge in [0.05, 0.1) is 23.4 Å². The van der Waals surface area contributed by atoms with Crippen LogP contribution in [0.4, 0.5) is 5.69 Å². The number of ether oxygens (including phenoxy) is 1.